The fraction of sp³-hybridized carbons (Fsp3) is 0.300. The van der Waals surface area contributed by atoms with Gasteiger partial charge in [-0.25, -0.2) is 13.2 Å². The third-order valence-corrected chi connectivity index (χ3v) is 4.61. The Bertz CT molecular complexity index is 951. The quantitative estimate of drug-likeness (QED) is 0.762. The van der Waals surface area contributed by atoms with E-state index in [1.807, 2.05) is 0 Å². The summed E-state index contributed by atoms with van der Waals surface area (Å²) in [5, 5.41) is 0. The van der Waals surface area contributed by atoms with E-state index in [-0.39, 0.29) is 17.9 Å². The van der Waals surface area contributed by atoms with Crippen molar-refractivity contribution in [3.8, 4) is 0 Å². The van der Waals surface area contributed by atoms with Crippen LogP contribution in [0.15, 0.2) is 36.4 Å². The molecule has 1 aliphatic heterocycles. The molecule has 3 rings (SSSR count). The minimum atomic E-state index is -2.15. The zero-order valence-electron chi connectivity index (χ0n) is 15.7. The van der Waals surface area contributed by atoms with E-state index in [1.54, 1.807) is 6.92 Å². The number of methoxy groups -OCH3 is 1. The van der Waals surface area contributed by atoms with Gasteiger partial charge >= 0.3 is 0 Å². The van der Waals surface area contributed by atoms with Gasteiger partial charge in [-0.15, -0.1) is 0 Å². The van der Waals surface area contributed by atoms with E-state index in [4.69, 9.17) is 15.2 Å². The molecule has 2 N–H and O–H groups in total. The molecular weight excluding hydrogens is 389 g/mol. The lowest BCUT2D eigenvalue weighted by molar-refractivity contribution is -0.148. The number of hydrogen-bond donors (Lipinski definition) is 1. The lowest BCUT2D eigenvalue weighted by atomic mass is 9.86. The maximum absolute atomic E-state index is 15.0. The van der Waals surface area contributed by atoms with Gasteiger partial charge in [0.25, 0.3) is 5.91 Å². The van der Waals surface area contributed by atoms with Crippen LogP contribution < -0.4 is 10.6 Å². The van der Waals surface area contributed by atoms with Crippen LogP contribution in [0.1, 0.15) is 18.1 Å². The average molecular weight is 408 g/mol. The highest BCUT2D eigenvalue weighted by molar-refractivity contribution is 6.11. The maximum Gasteiger partial charge on any atom is 0.269 e. The molecule has 0 radical (unpaired) electrons. The van der Waals surface area contributed by atoms with Crippen molar-refractivity contribution >= 4 is 17.5 Å². The molecule has 0 aromatic heterocycles. The van der Waals surface area contributed by atoms with Gasteiger partial charge in [0, 0.05) is 7.11 Å². The molecule has 0 saturated heterocycles. The number of anilines is 1. The first-order valence-electron chi connectivity index (χ1n) is 8.74. The standard InChI is InChI=1S/C20H19F3N2O4/c1-11(10-28-2)29-20(12-3-5-13(21)6-4-12)17-15(8-7-14(22)18(17)23)25(19(20)27)9-16(24)26/h3-8,11H,9-10H2,1-2H3,(H2,24,26)/t11-,20+/m1/s1. The Morgan fingerprint density at radius 2 is 1.83 bits per heavy atom. The second-order valence-corrected chi connectivity index (χ2v) is 6.68. The van der Waals surface area contributed by atoms with Crippen LogP contribution in [-0.2, 0) is 24.7 Å². The van der Waals surface area contributed by atoms with E-state index in [1.165, 1.54) is 25.3 Å². The van der Waals surface area contributed by atoms with Crippen LogP contribution >= 0.6 is 0 Å². The number of nitrogens with two attached hydrogens (primary N) is 1. The summed E-state index contributed by atoms with van der Waals surface area (Å²) in [6, 6.07) is 6.65. The first-order chi connectivity index (χ1) is 13.7. The van der Waals surface area contributed by atoms with Crippen molar-refractivity contribution < 1.29 is 32.2 Å². The van der Waals surface area contributed by atoms with Gasteiger partial charge in [0.1, 0.15) is 12.4 Å². The number of halogens is 3. The highest BCUT2D eigenvalue weighted by Crippen LogP contribution is 2.49. The van der Waals surface area contributed by atoms with Gasteiger partial charge < -0.3 is 15.2 Å². The molecule has 29 heavy (non-hydrogen) atoms. The zero-order valence-corrected chi connectivity index (χ0v) is 15.7. The number of fused-ring (bicyclic) bond motifs is 1. The second-order valence-electron chi connectivity index (χ2n) is 6.68. The van der Waals surface area contributed by atoms with Crippen molar-refractivity contribution in [1.29, 1.82) is 0 Å². The predicted octanol–water partition coefficient (Wildman–Crippen LogP) is 2.23. The van der Waals surface area contributed by atoms with Crippen molar-refractivity contribution in [3.63, 3.8) is 0 Å². The monoisotopic (exact) mass is 408 g/mol. The van der Waals surface area contributed by atoms with Crippen molar-refractivity contribution in [2.24, 2.45) is 5.73 Å². The Kier molecular flexibility index (Phi) is 5.63. The number of ether oxygens (including phenoxy) is 2. The summed E-state index contributed by atoms with van der Waals surface area (Å²) in [7, 11) is 1.41. The van der Waals surface area contributed by atoms with E-state index in [9.17, 15) is 18.4 Å². The fourth-order valence-electron chi connectivity index (χ4n) is 3.52. The lowest BCUT2D eigenvalue weighted by Crippen LogP contribution is -2.48. The number of carbonyl (C=O) groups is 2. The molecule has 2 aromatic rings. The summed E-state index contributed by atoms with van der Waals surface area (Å²) >= 11 is 0. The van der Waals surface area contributed by atoms with E-state index < -0.39 is 53.1 Å². The minimum absolute atomic E-state index is 0.0400. The van der Waals surface area contributed by atoms with Crippen molar-refractivity contribution in [2.45, 2.75) is 18.6 Å². The smallest absolute Gasteiger partial charge is 0.269 e. The lowest BCUT2D eigenvalue weighted by Gasteiger charge is -2.32. The predicted molar refractivity (Wildman–Crippen MR) is 97.5 cm³/mol. The average Bonchev–Trinajstić information content (AvgIpc) is 2.88. The molecule has 0 bridgehead atoms. The Morgan fingerprint density at radius 3 is 2.41 bits per heavy atom. The Labute approximate surface area is 165 Å². The molecule has 0 aliphatic carbocycles. The number of primary amides is 1. The van der Waals surface area contributed by atoms with Gasteiger partial charge in [0.2, 0.25) is 11.5 Å². The summed E-state index contributed by atoms with van der Waals surface area (Å²) < 4.78 is 53.7. The van der Waals surface area contributed by atoms with E-state index >= 15 is 4.39 Å². The zero-order chi connectivity index (χ0) is 21.3. The summed E-state index contributed by atoms with van der Waals surface area (Å²) in [6.07, 6.45) is -0.738. The van der Waals surface area contributed by atoms with E-state index in [0.717, 1.165) is 23.1 Å². The molecule has 0 unspecified atom stereocenters. The van der Waals surface area contributed by atoms with Crippen LogP contribution in [0.25, 0.3) is 0 Å². The van der Waals surface area contributed by atoms with Gasteiger partial charge in [-0.3, -0.25) is 14.5 Å². The van der Waals surface area contributed by atoms with Crippen LogP contribution in [0.2, 0.25) is 0 Å². The Morgan fingerprint density at radius 1 is 1.17 bits per heavy atom. The molecule has 1 aliphatic rings. The molecular formula is C20H19F3N2O4. The van der Waals surface area contributed by atoms with Crippen LogP contribution in [0.4, 0.5) is 18.9 Å². The summed E-state index contributed by atoms with van der Waals surface area (Å²) in [5.41, 5.74) is 2.71. The van der Waals surface area contributed by atoms with Crippen molar-refractivity contribution in [3.05, 3.63) is 65.0 Å². The highest BCUT2D eigenvalue weighted by atomic mass is 19.2. The van der Waals surface area contributed by atoms with Gasteiger partial charge in [0.05, 0.1) is 24.0 Å². The molecule has 0 saturated carbocycles. The molecule has 2 aromatic carbocycles. The van der Waals surface area contributed by atoms with Crippen LogP contribution in [0, 0.1) is 17.5 Å². The minimum Gasteiger partial charge on any atom is -0.382 e. The second kappa shape index (κ2) is 7.84. The van der Waals surface area contributed by atoms with Gasteiger partial charge in [-0.05, 0) is 36.8 Å². The third-order valence-electron chi connectivity index (χ3n) is 4.61. The number of benzene rings is 2. The molecule has 154 valence electrons. The van der Waals surface area contributed by atoms with E-state index in [2.05, 4.69) is 0 Å². The first-order valence-corrected chi connectivity index (χ1v) is 8.74. The largest absolute Gasteiger partial charge is 0.382 e. The molecule has 0 spiro atoms. The normalized spacial score (nSPS) is 19.3. The van der Waals surface area contributed by atoms with Gasteiger partial charge in [-0.1, -0.05) is 12.1 Å². The number of amides is 2. The summed E-state index contributed by atoms with van der Waals surface area (Å²) in [4.78, 5) is 25.9. The summed E-state index contributed by atoms with van der Waals surface area (Å²) in [6.45, 7) is 1.05. The molecule has 6 nitrogen and oxygen atoms in total. The molecule has 9 heteroatoms. The third kappa shape index (κ3) is 3.47. The number of nitrogens with zero attached hydrogens (tertiary/aromatic N) is 1. The van der Waals surface area contributed by atoms with Gasteiger partial charge in [-0.2, -0.15) is 0 Å². The van der Waals surface area contributed by atoms with Crippen molar-refractivity contribution in [2.75, 3.05) is 25.2 Å². The van der Waals surface area contributed by atoms with Crippen LogP contribution in [0.3, 0.4) is 0 Å². The van der Waals surface area contributed by atoms with Gasteiger partial charge in [0.15, 0.2) is 11.6 Å². The topological polar surface area (TPSA) is 81.9 Å². The highest BCUT2D eigenvalue weighted by Gasteiger charge is 2.56. The molecule has 2 atom stereocenters. The first kappa shape index (κ1) is 20.8. The molecule has 2 amide bonds. The van der Waals surface area contributed by atoms with Crippen molar-refractivity contribution in [1.82, 2.24) is 0 Å². The van der Waals surface area contributed by atoms with E-state index in [0.29, 0.717) is 0 Å². The number of hydrogen-bond acceptors (Lipinski definition) is 4. The van der Waals surface area contributed by atoms with Crippen LogP contribution in [-0.4, -0.2) is 38.2 Å². The fourth-order valence-corrected chi connectivity index (χ4v) is 3.52. The van der Waals surface area contributed by atoms with Crippen LogP contribution in [0.5, 0.6) is 0 Å². The maximum atomic E-state index is 15.0. The summed E-state index contributed by atoms with van der Waals surface area (Å²) in [5.74, 6) is -4.80. The number of rotatable bonds is 7. The number of carbonyl (C=O) groups excluding carboxylic acids is 2. The Hall–Kier alpha value is -2.91. The Balaban J connectivity index is 2.31. The SMILES string of the molecule is COC[C@@H](C)O[C@]1(c2ccc(F)cc2)C(=O)N(CC(N)=O)c2ccc(F)c(F)c21. The molecule has 0 fully saturated rings. The molecule has 1 heterocycles.